The molecule has 0 aliphatic rings. The van der Waals surface area contributed by atoms with Crippen LogP contribution >= 0.6 is 23.1 Å². The van der Waals surface area contributed by atoms with Gasteiger partial charge in [-0.3, -0.25) is 14.4 Å². The van der Waals surface area contributed by atoms with Crippen molar-refractivity contribution in [3.8, 4) is 22.6 Å². The van der Waals surface area contributed by atoms with E-state index in [4.69, 9.17) is 14.2 Å². The first-order valence-electron chi connectivity index (χ1n) is 17.9. The van der Waals surface area contributed by atoms with Crippen LogP contribution in [-0.2, 0) is 14.3 Å². The van der Waals surface area contributed by atoms with Crippen LogP contribution in [0, 0.1) is 0 Å². The third-order valence-electron chi connectivity index (χ3n) is 8.55. The van der Waals surface area contributed by atoms with Crippen LogP contribution in [-0.4, -0.2) is 44.5 Å². The summed E-state index contributed by atoms with van der Waals surface area (Å²) in [6.45, 7) is 1.91. The zero-order chi connectivity index (χ0) is 40.1. The van der Waals surface area contributed by atoms with E-state index < -0.39 is 23.0 Å². The van der Waals surface area contributed by atoms with Crippen LogP contribution in [0.3, 0.4) is 0 Å². The Morgan fingerprint density at radius 3 is 2.16 bits per heavy atom. The molecule has 1 unspecified atom stereocenters. The summed E-state index contributed by atoms with van der Waals surface area (Å²) in [5.41, 5.74) is 3.81. The van der Waals surface area contributed by atoms with Gasteiger partial charge in [0.25, 0.3) is 11.8 Å². The molecule has 0 aliphatic heterocycles. The minimum absolute atomic E-state index is 0.0323. The molecule has 1 heterocycles. The number of benzene rings is 5. The highest BCUT2D eigenvalue weighted by Gasteiger charge is 2.28. The molecule has 57 heavy (non-hydrogen) atoms. The summed E-state index contributed by atoms with van der Waals surface area (Å²) in [7, 11) is 3.04. The van der Waals surface area contributed by atoms with Crippen LogP contribution in [0.4, 0.5) is 10.7 Å². The molecule has 5 aromatic carbocycles. The Bertz CT molecular complexity index is 2380. The fraction of sp³-hybridized carbons (Fsp3) is 0.111. The monoisotopic (exact) mass is 797 g/mol. The van der Waals surface area contributed by atoms with Crippen molar-refractivity contribution in [1.82, 2.24) is 5.32 Å². The number of methoxy groups -OCH3 is 2. The quantitative estimate of drug-likeness (QED) is 0.0532. The number of anilines is 2. The standard InChI is InChI=1S/C45H39N3O7S2/c1-4-55-45(52)39-36(29-15-8-5-9-16-29)28-56-44(39)48-43(51)40(30-17-10-6-11-18-30)57-35-22-14-21-33(26-35)46-42(50)37(47-41(49)31-19-12-7-13-20-31)25-32-23-24-34(53-2)27-38(32)54-3/h5-28,40H,4H2,1-3H3,(H,46,50)(H,47,49)(H,48,51)/b37-25+. The number of carbonyl (C=O) groups is 4. The fourth-order valence-electron chi connectivity index (χ4n) is 5.78. The lowest BCUT2D eigenvalue weighted by atomic mass is 10.0. The van der Waals surface area contributed by atoms with Gasteiger partial charge in [-0.25, -0.2) is 4.79 Å². The van der Waals surface area contributed by atoms with Crippen molar-refractivity contribution in [2.45, 2.75) is 17.1 Å². The summed E-state index contributed by atoms with van der Waals surface area (Å²) >= 11 is 2.53. The molecule has 6 rings (SSSR count). The molecule has 1 aromatic heterocycles. The molecular weight excluding hydrogens is 759 g/mol. The zero-order valence-electron chi connectivity index (χ0n) is 31.3. The number of nitrogens with one attached hydrogen (secondary N) is 3. The maximum absolute atomic E-state index is 14.2. The van der Waals surface area contributed by atoms with E-state index in [0.29, 0.717) is 49.3 Å². The Balaban J connectivity index is 1.27. The first-order chi connectivity index (χ1) is 27.8. The van der Waals surface area contributed by atoms with E-state index in [0.717, 1.165) is 11.1 Å². The molecule has 0 saturated carbocycles. The first kappa shape index (κ1) is 40.0. The van der Waals surface area contributed by atoms with Crippen molar-refractivity contribution >= 4 is 63.6 Å². The van der Waals surface area contributed by atoms with Crippen molar-refractivity contribution < 1.29 is 33.4 Å². The van der Waals surface area contributed by atoms with Crippen LogP contribution in [0.5, 0.6) is 11.5 Å². The van der Waals surface area contributed by atoms with Gasteiger partial charge in [-0.15, -0.1) is 23.1 Å². The van der Waals surface area contributed by atoms with Crippen molar-refractivity contribution in [1.29, 1.82) is 0 Å². The number of amides is 3. The average molecular weight is 798 g/mol. The van der Waals surface area contributed by atoms with E-state index in [9.17, 15) is 19.2 Å². The molecule has 0 bridgehead atoms. The Labute approximate surface area is 338 Å². The Hall–Kier alpha value is -6.63. The van der Waals surface area contributed by atoms with Gasteiger partial charge in [0, 0.05) is 38.7 Å². The molecule has 1 atom stereocenters. The number of thioether (sulfide) groups is 1. The lowest BCUT2D eigenvalue weighted by molar-refractivity contribution is -0.116. The van der Waals surface area contributed by atoms with Crippen molar-refractivity contribution in [3.63, 3.8) is 0 Å². The van der Waals surface area contributed by atoms with Crippen LogP contribution in [0.25, 0.3) is 17.2 Å². The third-order valence-corrected chi connectivity index (χ3v) is 10.7. The molecule has 3 amide bonds. The Morgan fingerprint density at radius 2 is 1.47 bits per heavy atom. The largest absolute Gasteiger partial charge is 0.497 e. The van der Waals surface area contributed by atoms with Crippen LogP contribution in [0.2, 0.25) is 0 Å². The summed E-state index contributed by atoms with van der Waals surface area (Å²) in [5, 5.41) is 10.1. The number of hydrogen-bond acceptors (Lipinski definition) is 9. The van der Waals surface area contributed by atoms with Gasteiger partial charge in [0.2, 0.25) is 5.91 Å². The molecule has 0 fully saturated rings. The normalized spacial score (nSPS) is 11.5. The van der Waals surface area contributed by atoms with Gasteiger partial charge in [-0.1, -0.05) is 84.9 Å². The second-order valence-electron chi connectivity index (χ2n) is 12.3. The average Bonchev–Trinajstić information content (AvgIpc) is 3.67. The molecular formula is C45H39N3O7S2. The molecule has 288 valence electrons. The number of hydrogen-bond donors (Lipinski definition) is 3. The van der Waals surface area contributed by atoms with E-state index in [1.54, 1.807) is 73.7 Å². The smallest absolute Gasteiger partial charge is 0.341 e. The van der Waals surface area contributed by atoms with E-state index >= 15 is 0 Å². The molecule has 0 spiro atoms. The van der Waals surface area contributed by atoms with E-state index in [1.165, 1.54) is 43.4 Å². The third kappa shape index (κ3) is 10.2. The van der Waals surface area contributed by atoms with E-state index in [-0.39, 0.29) is 18.2 Å². The molecule has 0 aliphatic carbocycles. The van der Waals surface area contributed by atoms with Gasteiger partial charge < -0.3 is 30.2 Å². The van der Waals surface area contributed by atoms with Gasteiger partial charge in [0.15, 0.2) is 0 Å². The lowest BCUT2D eigenvalue weighted by Gasteiger charge is -2.18. The summed E-state index contributed by atoms with van der Waals surface area (Å²) in [4.78, 5) is 55.4. The van der Waals surface area contributed by atoms with Crippen molar-refractivity contribution in [2.75, 3.05) is 31.5 Å². The predicted molar refractivity (Wildman–Crippen MR) is 226 cm³/mol. The van der Waals surface area contributed by atoms with Crippen LogP contribution in [0.1, 0.15) is 44.0 Å². The SMILES string of the molecule is CCOC(=O)c1c(-c2ccccc2)csc1NC(=O)C(Sc1cccc(NC(=O)/C(=C\c2ccc(OC)cc2OC)NC(=O)c2ccccc2)c1)c1ccccc1. The lowest BCUT2D eigenvalue weighted by Crippen LogP contribution is -2.30. The second-order valence-corrected chi connectivity index (χ2v) is 14.4. The highest BCUT2D eigenvalue weighted by Crippen LogP contribution is 2.40. The maximum Gasteiger partial charge on any atom is 0.341 e. The van der Waals surface area contributed by atoms with E-state index in [2.05, 4.69) is 16.0 Å². The number of carbonyl (C=O) groups excluding carboxylic acids is 4. The van der Waals surface area contributed by atoms with Gasteiger partial charge in [-0.05, 0) is 66.6 Å². The van der Waals surface area contributed by atoms with Crippen molar-refractivity contribution in [2.24, 2.45) is 0 Å². The van der Waals surface area contributed by atoms with Crippen molar-refractivity contribution in [3.05, 3.63) is 167 Å². The molecule has 12 heteroatoms. The van der Waals surface area contributed by atoms with Gasteiger partial charge in [0.1, 0.15) is 33.0 Å². The topological polar surface area (TPSA) is 132 Å². The Morgan fingerprint density at radius 1 is 0.772 bits per heavy atom. The number of rotatable bonds is 15. The van der Waals surface area contributed by atoms with Crippen LogP contribution < -0.4 is 25.4 Å². The minimum Gasteiger partial charge on any atom is -0.497 e. The predicted octanol–water partition coefficient (Wildman–Crippen LogP) is 9.49. The van der Waals surface area contributed by atoms with E-state index in [1.807, 2.05) is 72.1 Å². The number of thiophene rings is 1. The maximum atomic E-state index is 14.2. The summed E-state index contributed by atoms with van der Waals surface area (Å²) in [6.07, 6.45) is 1.53. The Kier molecular flexibility index (Phi) is 13.6. The zero-order valence-corrected chi connectivity index (χ0v) is 32.9. The van der Waals surface area contributed by atoms with Gasteiger partial charge in [0.05, 0.1) is 20.8 Å². The highest BCUT2D eigenvalue weighted by atomic mass is 32.2. The first-order valence-corrected chi connectivity index (χ1v) is 19.6. The highest BCUT2D eigenvalue weighted by molar-refractivity contribution is 8.00. The second kappa shape index (κ2) is 19.3. The minimum atomic E-state index is -0.752. The number of esters is 1. The molecule has 10 nitrogen and oxygen atoms in total. The van der Waals surface area contributed by atoms with Gasteiger partial charge >= 0.3 is 5.97 Å². The number of ether oxygens (including phenoxy) is 3. The molecule has 6 aromatic rings. The fourth-order valence-corrected chi connectivity index (χ4v) is 7.83. The van der Waals surface area contributed by atoms with Crippen LogP contribution in [0.15, 0.2) is 149 Å². The molecule has 0 saturated heterocycles. The van der Waals surface area contributed by atoms with Gasteiger partial charge in [-0.2, -0.15) is 0 Å². The molecule has 3 N–H and O–H groups in total. The molecule has 0 radical (unpaired) electrons. The summed E-state index contributed by atoms with van der Waals surface area (Å²) < 4.78 is 16.3. The summed E-state index contributed by atoms with van der Waals surface area (Å²) in [6, 6.07) is 39.5. The summed E-state index contributed by atoms with van der Waals surface area (Å²) in [5.74, 6) is -0.945.